The number of amides is 3. The van der Waals surface area contributed by atoms with Gasteiger partial charge >= 0.3 is 0 Å². The number of thiophene rings is 1. The van der Waals surface area contributed by atoms with Crippen LogP contribution in [0, 0.1) is 5.92 Å². The fraction of sp³-hybridized carbons (Fsp3) is 0.370. The Hall–Kier alpha value is -3.61. The molecule has 2 unspecified atom stereocenters. The maximum Gasteiger partial charge on any atom is 0.270 e. The third-order valence-electron chi connectivity index (χ3n) is 6.73. The Labute approximate surface area is 233 Å². The number of thiazole rings is 1. The predicted molar refractivity (Wildman–Crippen MR) is 146 cm³/mol. The van der Waals surface area contributed by atoms with Gasteiger partial charge in [0, 0.05) is 38.0 Å². The highest BCUT2D eigenvalue weighted by molar-refractivity contribution is 7.14. The van der Waals surface area contributed by atoms with Crippen molar-refractivity contribution in [2.75, 3.05) is 37.7 Å². The van der Waals surface area contributed by atoms with E-state index in [9.17, 15) is 19.2 Å². The molecule has 5 rings (SSSR count). The van der Waals surface area contributed by atoms with E-state index in [4.69, 9.17) is 9.84 Å². The minimum atomic E-state index is -0.880. The van der Waals surface area contributed by atoms with Gasteiger partial charge in [0.05, 0.1) is 23.0 Å². The SMILES string of the molecule is O=C(NCCO)C1CCCN(C(=O)CCN(C(=O)c2cccs2)c2nc(C3Oc4ccccc4C3=O)cs2)C1. The molecule has 2 atom stereocenters. The fourth-order valence-corrected chi connectivity index (χ4v) is 6.27. The minimum absolute atomic E-state index is 0.0569. The molecule has 39 heavy (non-hydrogen) atoms. The number of carbonyl (C=O) groups excluding carboxylic acids is 4. The number of aromatic nitrogens is 1. The Morgan fingerprint density at radius 2 is 2.03 bits per heavy atom. The summed E-state index contributed by atoms with van der Waals surface area (Å²) in [6, 6.07) is 10.5. The molecule has 0 aliphatic carbocycles. The number of rotatable bonds is 9. The Morgan fingerprint density at radius 1 is 1.18 bits per heavy atom. The van der Waals surface area contributed by atoms with E-state index in [-0.39, 0.29) is 55.5 Å². The van der Waals surface area contributed by atoms with E-state index in [1.165, 1.54) is 27.6 Å². The molecule has 0 bridgehead atoms. The molecule has 2 N–H and O–H groups in total. The van der Waals surface area contributed by atoms with E-state index in [0.717, 1.165) is 0 Å². The number of hydrogen-bond donors (Lipinski definition) is 2. The standard InChI is InChI=1S/C27H28N4O6S2/c32-13-10-28-25(35)17-5-3-11-30(15-17)22(33)9-12-31(26(36)21-8-4-14-38-21)27-29-19(16-39-27)24-23(34)18-6-1-2-7-20(18)37-24/h1-2,4,6-8,14,16-17,24,32H,3,5,9-13,15H2,(H,28,35). The van der Waals surface area contributed by atoms with Gasteiger partial charge in [0.25, 0.3) is 5.91 Å². The number of nitrogens with one attached hydrogen (secondary N) is 1. The average molecular weight is 569 g/mol. The molecule has 2 aromatic heterocycles. The summed E-state index contributed by atoms with van der Waals surface area (Å²) in [7, 11) is 0. The Morgan fingerprint density at radius 3 is 2.79 bits per heavy atom. The summed E-state index contributed by atoms with van der Waals surface area (Å²) in [6.45, 7) is 0.993. The topological polar surface area (TPSA) is 129 Å². The lowest BCUT2D eigenvalue weighted by atomic mass is 9.97. The maximum absolute atomic E-state index is 13.4. The van der Waals surface area contributed by atoms with Gasteiger partial charge in [-0.3, -0.25) is 24.1 Å². The van der Waals surface area contributed by atoms with Crippen molar-refractivity contribution >= 4 is 51.3 Å². The van der Waals surface area contributed by atoms with Gasteiger partial charge in [-0.25, -0.2) is 4.98 Å². The normalized spacial score (nSPS) is 18.4. The molecule has 204 valence electrons. The van der Waals surface area contributed by atoms with Gasteiger partial charge in [-0.2, -0.15) is 0 Å². The number of hydrogen-bond acceptors (Lipinski definition) is 9. The smallest absolute Gasteiger partial charge is 0.270 e. The first-order valence-corrected chi connectivity index (χ1v) is 14.5. The summed E-state index contributed by atoms with van der Waals surface area (Å²) >= 11 is 2.52. The van der Waals surface area contributed by atoms with Crippen molar-refractivity contribution in [3.63, 3.8) is 0 Å². The summed E-state index contributed by atoms with van der Waals surface area (Å²) < 4.78 is 5.85. The summed E-state index contributed by atoms with van der Waals surface area (Å²) in [4.78, 5) is 60.0. The maximum atomic E-state index is 13.4. The molecule has 2 aliphatic heterocycles. The van der Waals surface area contributed by atoms with E-state index in [2.05, 4.69) is 10.3 Å². The van der Waals surface area contributed by atoms with E-state index in [1.807, 2.05) is 5.38 Å². The molecule has 0 spiro atoms. The molecule has 1 saturated heterocycles. The zero-order valence-corrected chi connectivity index (χ0v) is 22.7. The number of anilines is 1. The van der Waals surface area contributed by atoms with Crippen molar-refractivity contribution in [2.24, 2.45) is 5.92 Å². The van der Waals surface area contributed by atoms with Crippen molar-refractivity contribution in [2.45, 2.75) is 25.4 Å². The summed E-state index contributed by atoms with van der Waals surface area (Å²) in [5, 5.41) is 15.5. The van der Waals surface area contributed by atoms with Crippen LogP contribution in [0.15, 0.2) is 47.2 Å². The van der Waals surface area contributed by atoms with Crippen LogP contribution in [0.3, 0.4) is 0 Å². The number of benzene rings is 1. The monoisotopic (exact) mass is 568 g/mol. The largest absolute Gasteiger partial charge is 0.475 e. The fourth-order valence-electron chi connectivity index (χ4n) is 4.73. The van der Waals surface area contributed by atoms with Gasteiger partial charge in [-0.05, 0) is 36.4 Å². The molecule has 0 radical (unpaired) electrons. The summed E-state index contributed by atoms with van der Waals surface area (Å²) in [5.41, 5.74) is 0.915. The second kappa shape index (κ2) is 12.1. The van der Waals surface area contributed by atoms with Gasteiger partial charge in [-0.1, -0.05) is 18.2 Å². The van der Waals surface area contributed by atoms with Gasteiger partial charge in [0.15, 0.2) is 5.13 Å². The quantitative estimate of drug-likeness (QED) is 0.406. The van der Waals surface area contributed by atoms with Crippen LogP contribution >= 0.6 is 22.7 Å². The molecule has 2 aliphatic rings. The lowest BCUT2D eigenvalue weighted by Gasteiger charge is -2.32. The van der Waals surface area contributed by atoms with Crippen molar-refractivity contribution < 1.29 is 29.0 Å². The van der Waals surface area contributed by atoms with Crippen LogP contribution in [0.2, 0.25) is 0 Å². The number of ketones is 1. The van der Waals surface area contributed by atoms with Crippen LogP contribution in [0.1, 0.15) is 51.1 Å². The first-order chi connectivity index (χ1) is 19.0. The molecule has 1 aromatic carbocycles. The second-order valence-electron chi connectivity index (χ2n) is 9.29. The van der Waals surface area contributed by atoms with Crippen molar-refractivity contribution in [3.8, 4) is 5.75 Å². The van der Waals surface area contributed by atoms with Gasteiger partial charge < -0.3 is 20.1 Å². The highest BCUT2D eigenvalue weighted by Gasteiger charge is 2.36. The van der Waals surface area contributed by atoms with Gasteiger partial charge in [0.1, 0.15) is 11.4 Å². The molecule has 10 nitrogen and oxygen atoms in total. The van der Waals surface area contributed by atoms with E-state index in [1.54, 1.807) is 46.7 Å². The van der Waals surface area contributed by atoms with Crippen molar-refractivity contribution in [1.29, 1.82) is 0 Å². The number of likely N-dealkylation sites (tertiary alicyclic amines) is 1. The van der Waals surface area contributed by atoms with Crippen LogP contribution in [-0.2, 0) is 9.59 Å². The van der Waals surface area contributed by atoms with Crippen LogP contribution in [0.4, 0.5) is 5.13 Å². The molecule has 12 heteroatoms. The number of nitrogens with zero attached hydrogens (tertiary/aromatic N) is 3. The average Bonchev–Trinajstić information content (AvgIpc) is 3.73. The first kappa shape index (κ1) is 27.0. The molecule has 4 heterocycles. The number of piperidine rings is 1. The molecular weight excluding hydrogens is 540 g/mol. The zero-order chi connectivity index (χ0) is 27.4. The number of ether oxygens (including phenoxy) is 1. The lowest BCUT2D eigenvalue weighted by Crippen LogP contribution is -2.46. The predicted octanol–water partition coefficient (Wildman–Crippen LogP) is 2.91. The number of aliphatic hydroxyl groups excluding tert-OH is 1. The highest BCUT2D eigenvalue weighted by atomic mass is 32.1. The number of fused-ring (bicyclic) bond motifs is 1. The van der Waals surface area contributed by atoms with E-state index < -0.39 is 6.10 Å². The molecule has 0 saturated carbocycles. The van der Waals surface area contributed by atoms with E-state index >= 15 is 0 Å². The van der Waals surface area contributed by atoms with Gasteiger partial charge in [-0.15, -0.1) is 22.7 Å². The van der Waals surface area contributed by atoms with Crippen molar-refractivity contribution in [3.05, 3.63) is 63.3 Å². The first-order valence-electron chi connectivity index (χ1n) is 12.7. The van der Waals surface area contributed by atoms with Gasteiger partial charge in [0.2, 0.25) is 23.7 Å². The second-order valence-corrected chi connectivity index (χ2v) is 11.1. The van der Waals surface area contributed by atoms with Crippen molar-refractivity contribution in [1.82, 2.24) is 15.2 Å². The highest BCUT2D eigenvalue weighted by Crippen LogP contribution is 2.38. The zero-order valence-electron chi connectivity index (χ0n) is 21.1. The number of para-hydroxylation sites is 1. The Bertz CT molecular complexity index is 1360. The Balaban J connectivity index is 1.29. The molecular formula is C27H28N4O6S2. The van der Waals surface area contributed by atoms with Crippen LogP contribution in [0.25, 0.3) is 0 Å². The molecule has 3 aromatic rings. The number of carbonyl (C=O) groups is 4. The number of Topliss-reactive ketones (excluding diaryl/α,β-unsaturated/α-hetero) is 1. The molecule has 1 fully saturated rings. The third kappa shape index (κ3) is 5.87. The molecule has 3 amide bonds. The number of aliphatic hydroxyl groups is 1. The summed E-state index contributed by atoms with van der Waals surface area (Å²) in [5.74, 6) is -0.605. The third-order valence-corrected chi connectivity index (χ3v) is 8.47. The summed E-state index contributed by atoms with van der Waals surface area (Å²) in [6.07, 6.45) is 0.558. The van der Waals surface area contributed by atoms with E-state index in [0.29, 0.717) is 52.9 Å². The van der Waals surface area contributed by atoms with Crippen LogP contribution < -0.4 is 15.0 Å². The Kier molecular flexibility index (Phi) is 8.34. The van der Waals surface area contributed by atoms with Crippen LogP contribution in [-0.4, -0.2) is 71.3 Å². The minimum Gasteiger partial charge on any atom is -0.475 e. The lowest BCUT2D eigenvalue weighted by molar-refractivity contribution is -0.135. The van der Waals surface area contributed by atoms with Crippen LogP contribution in [0.5, 0.6) is 5.75 Å².